The Kier molecular flexibility index (Phi) is 8.09. The van der Waals surface area contributed by atoms with E-state index in [4.69, 9.17) is 9.47 Å². The molecule has 0 aliphatic carbocycles. The number of nitrogens with one attached hydrogen (secondary N) is 3. The molecule has 0 bridgehead atoms. The Labute approximate surface area is 168 Å². The van der Waals surface area contributed by atoms with Gasteiger partial charge in [0.1, 0.15) is 56.4 Å². The maximum Gasteiger partial charge on any atom is 0.276 e. The molecule has 1 atom stereocenters. The lowest BCUT2D eigenvalue weighted by atomic mass is 9.90. The third-order valence-electron chi connectivity index (χ3n) is 5.64. The number of carbonyl (C=O) groups excluding carboxylic acids is 1. The maximum atomic E-state index is 12.3. The molecule has 0 saturated carbocycles. The number of piperazine rings is 1. The summed E-state index contributed by atoms with van der Waals surface area (Å²) in [7, 11) is 1.65. The van der Waals surface area contributed by atoms with E-state index in [9.17, 15) is 10.1 Å². The van der Waals surface area contributed by atoms with Crippen LogP contribution in [0.1, 0.15) is 20.8 Å². The molecule has 28 heavy (non-hydrogen) atoms. The van der Waals surface area contributed by atoms with Crippen LogP contribution in [0.4, 0.5) is 0 Å². The third kappa shape index (κ3) is 6.39. The fourth-order valence-corrected chi connectivity index (χ4v) is 3.23. The lowest BCUT2D eigenvalue weighted by molar-refractivity contribution is -1.01. The van der Waals surface area contributed by atoms with Gasteiger partial charge in [0.25, 0.3) is 5.91 Å². The van der Waals surface area contributed by atoms with E-state index in [1.807, 2.05) is 38.1 Å². The summed E-state index contributed by atoms with van der Waals surface area (Å²) in [6, 6.07) is 9.85. The van der Waals surface area contributed by atoms with Gasteiger partial charge in [0.15, 0.2) is 6.54 Å². The molecule has 2 rings (SSSR count). The number of benzene rings is 1. The molecule has 0 unspecified atom stereocenters. The van der Waals surface area contributed by atoms with Gasteiger partial charge in [-0.2, -0.15) is 5.26 Å². The van der Waals surface area contributed by atoms with E-state index in [1.165, 1.54) is 9.80 Å². The Morgan fingerprint density at radius 3 is 2.29 bits per heavy atom. The van der Waals surface area contributed by atoms with Crippen molar-refractivity contribution in [3.63, 3.8) is 0 Å². The molecule has 0 spiro atoms. The highest BCUT2D eigenvalue weighted by Gasteiger charge is 2.32. The number of carbonyl (C=O) groups is 1. The molecule has 7 nitrogen and oxygen atoms in total. The first-order valence-corrected chi connectivity index (χ1v) is 10.0. The molecular weight excluding hydrogens is 356 g/mol. The predicted molar refractivity (Wildman–Crippen MR) is 107 cm³/mol. The lowest BCUT2D eigenvalue weighted by Crippen LogP contribution is -3.28. The zero-order chi connectivity index (χ0) is 20.6. The van der Waals surface area contributed by atoms with Crippen LogP contribution in [0, 0.1) is 17.2 Å². The maximum absolute atomic E-state index is 12.3. The largest absolute Gasteiger partial charge is 0.497 e. The lowest BCUT2D eigenvalue weighted by Gasteiger charge is -2.31. The summed E-state index contributed by atoms with van der Waals surface area (Å²) in [6.45, 7) is 11.7. The second-order valence-electron chi connectivity index (χ2n) is 7.97. The zero-order valence-electron chi connectivity index (χ0n) is 17.5. The molecule has 1 fully saturated rings. The summed E-state index contributed by atoms with van der Waals surface area (Å²) >= 11 is 0. The minimum Gasteiger partial charge on any atom is -0.497 e. The first-order valence-electron chi connectivity index (χ1n) is 10.0. The molecule has 0 radical (unpaired) electrons. The molecule has 1 saturated heterocycles. The second-order valence-corrected chi connectivity index (χ2v) is 7.97. The number of ether oxygens (including phenoxy) is 2. The van der Waals surface area contributed by atoms with Crippen molar-refractivity contribution < 1.29 is 24.1 Å². The van der Waals surface area contributed by atoms with Crippen LogP contribution in [0.25, 0.3) is 0 Å². The molecule has 1 aromatic carbocycles. The first kappa shape index (κ1) is 22.0. The SMILES string of the molecule is COc1ccc(OCC[NH+]2CC[NH+](CC(=O)N[C@@](C)(C#N)C(C)C)CC2)cc1. The van der Waals surface area contributed by atoms with Crippen LogP contribution in [0.2, 0.25) is 0 Å². The average molecular weight is 391 g/mol. The fraction of sp³-hybridized carbons (Fsp3) is 0.619. The van der Waals surface area contributed by atoms with Gasteiger partial charge in [-0.15, -0.1) is 0 Å². The molecule has 1 aliphatic heterocycles. The first-order chi connectivity index (χ1) is 13.4. The molecule has 1 heterocycles. The van der Waals surface area contributed by atoms with Gasteiger partial charge in [0, 0.05) is 0 Å². The van der Waals surface area contributed by atoms with Gasteiger partial charge in [0.05, 0.1) is 13.2 Å². The van der Waals surface area contributed by atoms with Crippen LogP contribution in [0.3, 0.4) is 0 Å². The second kappa shape index (κ2) is 10.3. The molecule has 7 heteroatoms. The van der Waals surface area contributed by atoms with Crippen molar-refractivity contribution in [2.75, 3.05) is 53.0 Å². The van der Waals surface area contributed by atoms with Crippen LogP contribution in [0.15, 0.2) is 24.3 Å². The van der Waals surface area contributed by atoms with E-state index in [0.717, 1.165) is 44.2 Å². The van der Waals surface area contributed by atoms with Crippen molar-refractivity contribution in [2.24, 2.45) is 5.92 Å². The zero-order valence-corrected chi connectivity index (χ0v) is 17.5. The van der Waals surface area contributed by atoms with Gasteiger partial charge in [-0.25, -0.2) is 0 Å². The monoisotopic (exact) mass is 390 g/mol. The Bertz CT molecular complexity index is 663. The van der Waals surface area contributed by atoms with E-state index < -0.39 is 5.54 Å². The minimum atomic E-state index is -0.803. The highest BCUT2D eigenvalue weighted by Crippen LogP contribution is 2.16. The van der Waals surface area contributed by atoms with E-state index >= 15 is 0 Å². The molecule has 154 valence electrons. The number of rotatable bonds is 9. The van der Waals surface area contributed by atoms with Gasteiger partial charge in [-0.1, -0.05) is 13.8 Å². The number of amides is 1. The number of nitrogens with zero attached hydrogens (tertiary/aromatic N) is 1. The highest BCUT2D eigenvalue weighted by atomic mass is 16.5. The van der Waals surface area contributed by atoms with Crippen LogP contribution < -0.4 is 24.6 Å². The predicted octanol–water partition coefficient (Wildman–Crippen LogP) is -1.09. The fourth-order valence-electron chi connectivity index (χ4n) is 3.23. The topological polar surface area (TPSA) is 80.2 Å². The van der Waals surface area contributed by atoms with Crippen molar-refractivity contribution in [1.29, 1.82) is 5.26 Å². The van der Waals surface area contributed by atoms with Crippen molar-refractivity contribution in [3.05, 3.63) is 24.3 Å². The summed E-state index contributed by atoms with van der Waals surface area (Å²) in [5, 5.41) is 12.2. The van der Waals surface area contributed by atoms with E-state index in [-0.39, 0.29) is 11.8 Å². The summed E-state index contributed by atoms with van der Waals surface area (Å²) < 4.78 is 11.0. The van der Waals surface area contributed by atoms with Gasteiger partial charge >= 0.3 is 0 Å². The van der Waals surface area contributed by atoms with E-state index in [1.54, 1.807) is 14.0 Å². The quantitative estimate of drug-likeness (QED) is 0.501. The summed E-state index contributed by atoms with van der Waals surface area (Å²) in [4.78, 5) is 15.1. The van der Waals surface area contributed by atoms with Crippen molar-refractivity contribution >= 4 is 5.91 Å². The smallest absolute Gasteiger partial charge is 0.276 e. The van der Waals surface area contributed by atoms with E-state index in [2.05, 4.69) is 11.4 Å². The van der Waals surface area contributed by atoms with Gasteiger partial charge in [-0.3, -0.25) is 4.79 Å². The van der Waals surface area contributed by atoms with E-state index in [0.29, 0.717) is 13.2 Å². The molecule has 3 N–H and O–H groups in total. The number of hydrogen-bond donors (Lipinski definition) is 3. The van der Waals surface area contributed by atoms with Crippen molar-refractivity contribution in [2.45, 2.75) is 26.3 Å². The summed E-state index contributed by atoms with van der Waals surface area (Å²) in [5.74, 6) is 1.71. The Morgan fingerprint density at radius 1 is 1.18 bits per heavy atom. The summed E-state index contributed by atoms with van der Waals surface area (Å²) in [6.07, 6.45) is 0. The van der Waals surface area contributed by atoms with Crippen molar-refractivity contribution in [1.82, 2.24) is 5.32 Å². The summed E-state index contributed by atoms with van der Waals surface area (Å²) in [5.41, 5.74) is -0.803. The molecule has 1 aromatic rings. The Balaban J connectivity index is 1.66. The molecule has 0 aromatic heterocycles. The van der Waals surface area contributed by atoms with Gasteiger partial charge in [0.2, 0.25) is 0 Å². The Hall–Kier alpha value is -2.30. The molecular formula is C21H34N4O3+2. The number of quaternary nitrogens is 2. The van der Waals surface area contributed by atoms with Gasteiger partial charge < -0.3 is 24.6 Å². The van der Waals surface area contributed by atoms with Crippen molar-refractivity contribution in [3.8, 4) is 17.6 Å². The molecule has 1 amide bonds. The standard InChI is InChI=1S/C21H32N4O3/c1-17(2)21(3,16-22)23-20(26)15-25-11-9-24(10-12-25)13-14-28-19-7-5-18(27-4)6-8-19/h5-8,17H,9-15H2,1-4H3,(H,23,26)/p+2/t21-/m0/s1. The Morgan fingerprint density at radius 2 is 1.75 bits per heavy atom. The van der Waals surface area contributed by atoms with Gasteiger partial charge in [-0.05, 0) is 37.1 Å². The highest BCUT2D eigenvalue weighted by molar-refractivity contribution is 5.78. The van der Waals surface area contributed by atoms with Crippen LogP contribution in [-0.2, 0) is 4.79 Å². The number of methoxy groups -OCH3 is 1. The normalized spacial score (nSPS) is 21.4. The number of hydrogen-bond acceptors (Lipinski definition) is 4. The minimum absolute atomic E-state index is 0.0426. The molecule has 1 aliphatic rings. The van der Waals surface area contributed by atoms with Crippen LogP contribution in [0.5, 0.6) is 11.5 Å². The number of nitriles is 1. The van der Waals surface area contributed by atoms with Crippen LogP contribution >= 0.6 is 0 Å². The van der Waals surface area contributed by atoms with Crippen LogP contribution in [-0.4, -0.2) is 64.4 Å². The average Bonchev–Trinajstić information content (AvgIpc) is 2.69. The third-order valence-corrected chi connectivity index (χ3v) is 5.64.